The van der Waals surface area contributed by atoms with Crippen molar-refractivity contribution in [2.24, 2.45) is 0 Å². The Morgan fingerprint density at radius 3 is 2.91 bits per heavy atom. The average molecular weight is 304 g/mol. The number of hydrogen-bond acceptors (Lipinski definition) is 4. The molecule has 0 saturated carbocycles. The monoisotopic (exact) mass is 304 g/mol. The number of H-pyrrole nitrogens is 1. The zero-order valence-electron chi connectivity index (χ0n) is 12.6. The number of aromatic amines is 1. The SMILES string of the molecule is c1cc(CCCn2cc(-c3ccc4[nH]ncc4c3)nn2)ccn1. The average Bonchev–Trinajstić information content (AvgIpc) is 3.24. The van der Waals surface area contributed by atoms with Crippen LogP contribution in [0.3, 0.4) is 0 Å². The first-order valence-electron chi connectivity index (χ1n) is 7.61. The number of rotatable bonds is 5. The van der Waals surface area contributed by atoms with E-state index in [9.17, 15) is 0 Å². The normalized spacial score (nSPS) is 11.1. The molecule has 0 unspecified atom stereocenters. The Labute approximate surface area is 133 Å². The lowest BCUT2D eigenvalue weighted by Crippen LogP contribution is -2.00. The van der Waals surface area contributed by atoms with E-state index in [1.807, 2.05) is 53.7 Å². The molecule has 0 aliphatic heterocycles. The molecule has 0 aliphatic carbocycles. The summed E-state index contributed by atoms with van der Waals surface area (Å²) in [5.74, 6) is 0. The van der Waals surface area contributed by atoms with Crippen LogP contribution in [0.25, 0.3) is 22.2 Å². The molecule has 0 bridgehead atoms. The maximum absolute atomic E-state index is 4.28. The molecule has 4 rings (SSSR count). The van der Waals surface area contributed by atoms with E-state index in [1.165, 1.54) is 5.56 Å². The fraction of sp³-hybridized carbons (Fsp3) is 0.176. The fourth-order valence-corrected chi connectivity index (χ4v) is 2.64. The summed E-state index contributed by atoms with van der Waals surface area (Å²) in [5.41, 5.74) is 4.26. The summed E-state index contributed by atoms with van der Waals surface area (Å²) in [6.07, 6.45) is 9.50. The standard InChI is InChI=1S/C17H16N6/c1(2-13-5-7-18-8-6-13)9-23-12-17(21-22-23)14-3-4-16-15(10-14)11-19-20-16/h3-8,10-12H,1-2,9H2,(H,19,20). The number of aryl methyl sites for hydroxylation is 2. The molecule has 0 radical (unpaired) electrons. The highest BCUT2D eigenvalue weighted by atomic mass is 15.4. The first-order valence-corrected chi connectivity index (χ1v) is 7.61. The van der Waals surface area contributed by atoms with Crippen molar-refractivity contribution in [2.45, 2.75) is 19.4 Å². The van der Waals surface area contributed by atoms with Crippen LogP contribution in [-0.4, -0.2) is 30.2 Å². The number of fused-ring (bicyclic) bond motifs is 1. The third-order valence-electron chi connectivity index (χ3n) is 3.88. The van der Waals surface area contributed by atoms with E-state index in [0.29, 0.717) is 0 Å². The van der Waals surface area contributed by atoms with Crippen molar-refractivity contribution in [1.29, 1.82) is 0 Å². The lowest BCUT2D eigenvalue weighted by Gasteiger charge is -2.01. The van der Waals surface area contributed by atoms with Gasteiger partial charge in [-0.1, -0.05) is 11.3 Å². The molecule has 6 nitrogen and oxygen atoms in total. The Kier molecular flexibility index (Phi) is 3.56. The molecule has 114 valence electrons. The second-order valence-corrected chi connectivity index (χ2v) is 5.50. The zero-order valence-corrected chi connectivity index (χ0v) is 12.6. The van der Waals surface area contributed by atoms with Gasteiger partial charge in [-0.25, -0.2) is 0 Å². The van der Waals surface area contributed by atoms with Crippen LogP contribution in [0.15, 0.2) is 55.1 Å². The van der Waals surface area contributed by atoms with Crippen LogP contribution in [-0.2, 0) is 13.0 Å². The Hall–Kier alpha value is -3.02. The van der Waals surface area contributed by atoms with E-state index >= 15 is 0 Å². The molecule has 23 heavy (non-hydrogen) atoms. The van der Waals surface area contributed by atoms with E-state index in [1.54, 1.807) is 0 Å². The van der Waals surface area contributed by atoms with Crippen LogP contribution in [0.2, 0.25) is 0 Å². The number of benzene rings is 1. The Balaban J connectivity index is 1.44. The molecule has 1 aromatic carbocycles. The van der Waals surface area contributed by atoms with Crippen molar-refractivity contribution in [2.75, 3.05) is 0 Å². The molecule has 0 spiro atoms. The van der Waals surface area contributed by atoms with E-state index in [2.05, 4.69) is 31.6 Å². The van der Waals surface area contributed by atoms with Crippen LogP contribution in [0.5, 0.6) is 0 Å². The van der Waals surface area contributed by atoms with Gasteiger partial charge in [0.1, 0.15) is 5.69 Å². The van der Waals surface area contributed by atoms with Gasteiger partial charge < -0.3 is 0 Å². The Morgan fingerprint density at radius 1 is 1.09 bits per heavy atom. The van der Waals surface area contributed by atoms with Crippen LogP contribution < -0.4 is 0 Å². The van der Waals surface area contributed by atoms with Gasteiger partial charge >= 0.3 is 0 Å². The van der Waals surface area contributed by atoms with Crippen molar-refractivity contribution < 1.29 is 0 Å². The van der Waals surface area contributed by atoms with Crippen molar-refractivity contribution in [3.63, 3.8) is 0 Å². The summed E-state index contributed by atoms with van der Waals surface area (Å²) in [4.78, 5) is 4.03. The fourth-order valence-electron chi connectivity index (χ4n) is 2.64. The highest BCUT2D eigenvalue weighted by molar-refractivity contribution is 5.83. The first-order chi connectivity index (χ1) is 11.4. The summed E-state index contributed by atoms with van der Waals surface area (Å²) >= 11 is 0. The molecule has 4 aromatic rings. The third-order valence-corrected chi connectivity index (χ3v) is 3.88. The summed E-state index contributed by atoms with van der Waals surface area (Å²) in [7, 11) is 0. The summed E-state index contributed by atoms with van der Waals surface area (Å²) in [6.45, 7) is 0.850. The molecular weight excluding hydrogens is 288 g/mol. The van der Waals surface area contributed by atoms with E-state index in [4.69, 9.17) is 0 Å². The van der Waals surface area contributed by atoms with Gasteiger partial charge in [0, 0.05) is 29.9 Å². The smallest absolute Gasteiger partial charge is 0.113 e. The maximum atomic E-state index is 4.28. The van der Waals surface area contributed by atoms with Gasteiger partial charge in [0.15, 0.2) is 0 Å². The van der Waals surface area contributed by atoms with Gasteiger partial charge in [-0.3, -0.25) is 14.8 Å². The lowest BCUT2D eigenvalue weighted by molar-refractivity contribution is 0.558. The summed E-state index contributed by atoms with van der Waals surface area (Å²) < 4.78 is 1.90. The molecular formula is C17H16N6. The van der Waals surface area contributed by atoms with Gasteiger partial charge in [0.05, 0.1) is 17.9 Å². The van der Waals surface area contributed by atoms with E-state index in [-0.39, 0.29) is 0 Å². The van der Waals surface area contributed by atoms with Gasteiger partial charge in [0.25, 0.3) is 0 Å². The van der Waals surface area contributed by atoms with Crippen molar-refractivity contribution in [3.8, 4) is 11.3 Å². The van der Waals surface area contributed by atoms with Crippen molar-refractivity contribution in [3.05, 3.63) is 60.7 Å². The molecule has 0 atom stereocenters. The molecule has 0 amide bonds. The summed E-state index contributed by atoms with van der Waals surface area (Å²) in [5, 5.41) is 16.6. The van der Waals surface area contributed by atoms with Gasteiger partial charge in [-0.15, -0.1) is 5.10 Å². The number of aromatic nitrogens is 6. The van der Waals surface area contributed by atoms with Crippen molar-refractivity contribution in [1.82, 2.24) is 30.2 Å². The second-order valence-electron chi connectivity index (χ2n) is 5.50. The maximum Gasteiger partial charge on any atom is 0.113 e. The molecule has 3 heterocycles. The predicted molar refractivity (Wildman–Crippen MR) is 87.7 cm³/mol. The number of pyridine rings is 1. The van der Waals surface area contributed by atoms with E-state index < -0.39 is 0 Å². The molecule has 3 aromatic heterocycles. The predicted octanol–water partition coefficient (Wildman–Crippen LogP) is 2.85. The van der Waals surface area contributed by atoms with Crippen molar-refractivity contribution >= 4 is 10.9 Å². The molecule has 1 N–H and O–H groups in total. The van der Waals surface area contributed by atoms with Gasteiger partial charge in [0.2, 0.25) is 0 Å². The minimum Gasteiger partial charge on any atom is -0.278 e. The van der Waals surface area contributed by atoms with Gasteiger partial charge in [-0.05, 0) is 42.7 Å². The van der Waals surface area contributed by atoms with Crippen LogP contribution >= 0.6 is 0 Å². The van der Waals surface area contributed by atoms with Gasteiger partial charge in [-0.2, -0.15) is 5.10 Å². The molecule has 0 saturated heterocycles. The van der Waals surface area contributed by atoms with Crippen LogP contribution in [0.4, 0.5) is 0 Å². The number of hydrogen-bond donors (Lipinski definition) is 1. The topological polar surface area (TPSA) is 72.3 Å². The Bertz CT molecular complexity index is 909. The lowest BCUT2D eigenvalue weighted by atomic mass is 10.1. The quantitative estimate of drug-likeness (QED) is 0.615. The third kappa shape index (κ3) is 2.96. The Morgan fingerprint density at radius 2 is 2.00 bits per heavy atom. The highest BCUT2D eigenvalue weighted by Crippen LogP contribution is 2.21. The largest absolute Gasteiger partial charge is 0.278 e. The van der Waals surface area contributed by atoms with Crippen LogP contribution in [0.1, 0.15) is 12.0 Å². The number of nitrogens with zero attached hydrogens (tertiary/aromatic N) is 5. The first kappa shape index (κ1) is 13.6. The minimum absolute atomic E-state index is 0.850. The number of nitrogens with one attached hydrogen (secondary N) is 1. The van der Waals surface area contributed by atoms with Crippen LogP contribution in [0, 0.1) is 0 Å². The second kappa shape index (κ2) is 6.00. The zero-order chi connectivity index (χ0) is 15.5. The molecule has 0 aliphatic rings. The van der Waals surface area contributed by atoms with E-state index in [0.717, 1.165) is 41.5 Å². The molecule has 6 heteroatoms. The summed E-state index contributed by atoms with van der Waals surface area (Å²) in [6, 6.07) is 10.2. The minimum atomic E-state index is 0.850. The molecule has 0 fully saturated rings. The highest BCUT2D eigenvalue weighted by Gasteiger charge is 2.06.